The average molecular weight is 312 g/mol. The molecule has 0 radical (unpaired) electrons. The first-order valence-corrected chi connectivity index (χ1v) is 8.90. The van der Waals surface area contributed by atoms with Gasteiger partial charge in [0, 0.05) is 18.2 Å². The zero-order valence-corrected chi connectivity index (χ0v) is 12.8. The van der Waals surface area contributed by atoms with Crippen molar-refractivity contribution in [3.63, 3.8) is 0 Å². The van der Waals surface area contributed by atoms with Gasteiger partial charge in [0.15, 0.2) is 9.84 Å². The number of nitrogens with one attached hydrogen (secondary N) is 1. The smallest absolute Gasteiger partial charge is 0.269 e. The molecule has 0 aromatic heterocycles. The number of nitro groups is 1. The number of rotatable bonds is 6. The quantitative estimate of drug-likeness (QED) is 0.636. The van der Waals surface area contributed by atoms with Crippen LogP contribution in [0.25, 0.3) is 0 Å². The highest BCUT2D eigenvalue weighted by Gasteiger charge is 2.33. The van der Waals surface area contributed by atoms with Gasteiger partial charge >= 0.3 is 0 Å². The molecule has 0 saturated carbocycles. The predicted molar refractivity (Wildman–Crippen MR) is 81.0 cm³/mol. The van der Waals surface area contributed by atoms with Crippen LogP contribution < -0.4 is 5.32 Å². The van der Waals surface area contributed by atoms with Crippen molar-refractivity contribution in [3.8, 4) is 0 Å². The number of benzene rings is 1. The first kappa shape index (κ1) is 15.9. The highest BCUT2D eigenvalue weighted by Crippen LogP contribution is 2.24. The van der Waals surface area contributed by atoms with Gasteiger partial charge in [-0.15, -0.1) is 0 Å². The monoisotopic (exact) mass is 312 g/mol. The second-order valence-electron chi connectivity index (χ2n) is 5.45. The molecule has 0 aliphatic carbocycles. The number of likely N-dealkylation sites (N-methyl/N-ethyl adjacent to an activating group) is 1. The maximum atomic E-state index is 11.6. The Kier molecular flexibility index (Phi) is 4.95. The van der Waals surface area contributed by atoms with E-state index in [0.29, 0.717) is 12.8 Å². The highest BCUT2D eigenvalue weighted by molar-refractivity contribution is 7.91. The average Bonchev–Trinajstić information content (AvgIpc) is 2.79. The first-order valence-electron chi connectivity index (χ1n) is 7.08. The molecule has 1 aromatic rings. The van der Waals surface area contributed by atoms with Gasteiger partial charge in [-0.1, -0.05) is 19.1 Å². The molecule has 1 saturated heterocycles. The maximum Gasteiger partial charge on any atom is 0.269 e. The Balaban J connectivity index is 2.07. The lowest BCUT2D eigenvalue weighted by Crippen LogP contribution is -2.38. The summed E-state index contributed by atoms with van der Waals surface area (Å²) in [7, 11) is -2.90. The Morgan fingerprint density at radius 3 is 2.52 bits per heavy atom. The fourth-order valence-electron chi connectivity index (χ4n) is 2.82. The third-order valence-corrected chi connectivity index (χ3v) is 5.70. The van der Waals surface area contributed by atoms with E-state index in [1.54, 1.807) is 12.1 Å². The summed E-state index contributed by atoms with van der Waals surface area (Å²) in [5.74, 6) is 0.613. The summed E-state index contributed by atoms with van der Waals surface area (Å²) in [4.78, 5) is 10.2. The van der Waals surface area contributed by atoms with Gasteiger partial charge in [-0.05, 0) is 30.9 Å². The van der Waals surface area contributed by atoms with Crippen LogP contribution >= 0.6 is 0 Å². The van der Waals surface area contributed by atoms with Crippen LogP contribution in [-0.4, -0.2) is 37.4 Å². The molecule has 1 aliphatic rings. The zero-order chi connectivity index (χ0) is 15.5. The van der Waals surface area contributed by atoms with Crippen LogP contribution in [0.3, 0.4) is 0 Å². The third kappa shape index (κ3) is 4.25. The zero-order valence-electron chi connectivity index (χ0n) is 12.0. The summed E-state index contributed by atoms with van der Waals surface area (Å²) < 4.78 is 23.2. The van der Waals surface area contributed by atoms with Crippen molar-refractivity contribution in [2.45, 2.75) is 25.8 Å². The van der Waals surface area contributed by atoms with Crippen LogP contribution in [0.15, 0.2) is 24.3 Å². The van der Waals surface area contributed by atoms with Crippen LogP contribution in [0.5, 0.6) is 0 Å². The fourth-order valence-corrected chi connectivity index (χ4v) is 4.70. The fraction of sp³-hybridized carbons (Fsp3) is 0.571. The van der Waals surface area contributed by atoms with Crippen molar-refractivity contribution >= 4 is 15.5 Å². The van der Waals surface area contributed by atoms with Crippen LogP contribution in [0.4, 0.5) is 5.69 Å². The van der Waals surface area contributed by atoms with E-state index in [4.69, 9.17) is 0 Å². The molecule has 0 amide bonds. The Morgan fingerprint density at radius 2 is 2.05 bits per heavy atom. The number of nitro benzene ring substituents is 1. The van der Waals surface area contributed by atoms with Crippen molar-refractivity contribution in [1.29, 1.82) is 0 Å². The van der Waals surface area contributed by atoms with E-state index in [-0.39, 0.29) is 29.2 Å². The molecular weight excluding hydrogens is 292 g/mol. The lowest BCUT2D eigenvalue weighted by molar-refractivity contribution is -0.384. The largest absolute Gasteiger partial charge is 0.314 e. The van der Waals surface area contributed by atoms with E-state index < -0.39 is 14.8 Å². The second-order valence-corrected chi connectivity index (χ2v) is 7.68. The standard InChI is InChI=1S/C14H20N2O4S/c1-2-15-14(12-7-8-21(19,20)10-12)9-11-3-5-13(6-4-11)16(17)18/h3-6,12,14-15H,2,7-10H2,1H3. The molecule has 116 valence electrons. The highest BCUT2D eigenvalue weighted by atomic mass is 32.2. The normalized spacial score (nSPS) is 22.0. The summed E-state index contributed by atoms with van der Waals surface area (Å²) in [6.07, 6.45) is 1.37. The molecule has 6 nitrogen and oxygen atoms in total. The molecule has 2 rings (SSSR count). The molecule has 1 aromatic carbocycles. The van der Waals surface area contributed by atoms with Crippen LogP contribution in [-0.2, 0) is 16.3 Å². The molecule has 21 heavy (non-hydrogen) atoms. The van der Waals surface area contributed by atoms with Crippen LogP contribution in [0, 0.1) is 16.0 Å². The summed E-state index contributed by atoms with van der Waals surface area (Å²) >= 11 is 0. The van der Waals surface area contributed by atoms with Gasteiger partial charge in [-0.3, -0.25) is 10.1 Å². The Morgan fingerprint density at radius 1 is 1.38 bits per heavy atom. The van der Waals surface area contributed by atoms with E-state index >= 15 is 0 Å². The van der Waals surface area contributed by atoms with E-state index in [2.05, 4.69) is 5.32 Å². The summed E-state index contributed by atoms with van der Waals surface area (Å²) in [5, 5.41) is 14.0. The van der Waals surface area contributed by atoms with Gasteiger partial charge in [0.2, 0.25) is 0 Å². The minimum absolute atomic E-state index is 0.0715. The maximum absolute atomic E-state index is 11.6. The van der Waals surface area contributed by atoms with Crippen molar-refractivity contribution in [1.82, 2.24) is 5.32 Å². The lowest BCUT2D eigenvalue weighted by atomic mass is 9.93. The Labute approximate surface area is 124 Å². The molecule has 0 spiro atoms. The van der Waals surface area contributed by atoms with Crippen molar-refractivity contribution in [2.75, 3.05) is 18.1 Å². The Hall–Kier alpha value is -1.47. The summed E-state index contributed by atoms with van der Waals surface area (Å²) in [6, 6.07) is 6.56. The molecule has 0 bridgehead atoms. The summed E-state index contributed by atoms with van der Waals surface area (Å²) in [5.41, 5.74) is 1.05. The number of nitrogens with zero attached hydrogens (tertiary/aromatic N) is 1. The molecule has 1 aliphatic heterocycles. The molecule has 2 atom stereocenters. The van der Waals surface area contributed by atoms with Crippen molar-refractivity contribution in [2.24, 2.45) is 5.92 Å². The van der Waals surface area contributed by atoms with Gasteiger partial charge in [0.25, 0.3) is 5.69 Å². The van der Waals surface area contributed by atoms with Crippen LogP contribution in [0.2, 0.25) is 0 Å². The molecule has 7 heteroatoms. The third-order valence-electron chi connectivity index (χ3n) is 3.91. The predicted octanol–water partition coefficient (Wildman–Crippen LogP) is 1.55. The van der Waals surface area contributed by atoms with Gasteiger partial charge in [-0.25, -0.2) is 8.42 Å². The Bertz CT molecular complexity index is 598. The number of non-ortho nitro benzene ring substituents is 1. The molecular formula is C14H20N2O4S. The van der Waals surface area contributed by atoms with Gasteiger partial charge in [0.1, 0.15) is 0 Å². The van der Waals surface area contributed by atoms with Gasteiger partial charge in [0.05, 0.1) is 16.4 Å². The van der Waals surface area contributed by atoms with Gasteiger partial charge in [-0.2, -0.15) is 0 Å². The van der Waals surface area contributed by atoms with E-state index in [1.165, 1.54) is 12.1 Å². The van der Waals surface area contributed by atoms with Crippen molar-refractivity contribution < 1.29 is 13.3 Å². The van der Waals surface area contributed by atoms with Crippen LogP contribution in [0.1, 0.15) is 18.9 Å². The number of sulfone groups is 1. The van der Waals surface area contributed by atoms with E-state index in [9.17, 15) is 18.5 Å². The van der Waals surface area contributed by atoms with Gasteiger partial charge < -0.3 is 5.32 Å². The topological polar surface area (TPSA) is 89.3 Å². The minimum Gasteiger partial charge on any atom is -0.314 e. The van der Waals surface area contributed by atoms with E-state index in [1.807, 2.05) is 6.92 Å². The molecule has 1 heterocycles. The molecule has 1 N–H and O–H groups in total. The second kappa shape index (κ2) is 6.53. The first-order chi connectivity index (χ1) is 9.91. The van der Waals surface area contributed by atoms with Crippen molar-refractivity contribution in [3.05, 3.63) is 39.9 Å². The number of hydrogen-bond donors (Lipinski definition) is 1. The minimum atomic E-state index is -2.90. The SMILES string of the molecule is CCNC(Cc1ccc([N+](=O)[O-])cc1)C1CCS(=O)(=O)C1. The summed E-state index contributed by atoms with van der Waals surface area (Å²) in [6.45, 7) is 2.76. The number of hydrogen-bond acceptors (Lipinski definition) is 5. The molecule has 1 fully saturated rings. The lowest BCUT2D eigenvalue weighted by Gasteiger charge is -2.23. The molecule has 2 unspecified atom stereocenters. The van der Waals surface area contributed by atoms with E-state index in [0.717, 1.165) is 12.1 Å².